The Balaban J connectivity index is 2.55. The summed E-state index contributed by atoms with van der Waals surface area (Å²) in [6.07, 6.45) is 2.37. The SMILES string of the molecule is COc1cc(/C=C/C(=O)OCC(=O)NC(=O)NC(C)C)ccc1OC(F)F. The van der Waals surface area contributed by atoms with Crippen molar-refractivity contribution >= 4 is 24.0 Å². The van der Waals surface area contributed by atoms with E-state index in [1.54, 1.807) is 13.8 Å². The van der Waals surface area contributed by atoms with Crippen molar-refractivity contribution < 1.29 is 37.4 Å². The zero-order valence-corrected chi connectivity index (χ0v) is 15.0. The minimum Gasteiger partial charge on any atom is -0.493 e. The molecule has 148 valence electrons. The van der Waals surface area contributed by atoms with Gasteiger partial charge >= 0.3 is 18.6 Å². The van der Waals surface area contributed by atoms with E-state index in [4.69, 9.17) is 9.47 Å². The van der Waals surface area contributed by atoms with Crippen LogP contribution in [0.15, 0.2) is 24.3 Å². The molecule has 0 bridgehead atoms. The van der Waals surface area contributed by atoms with Gasteiger partial charge in [0.1, 0.15) is 0 Å². The summed E-state index contributed by atoms with van der Waals surface area (Å²) in [7, 11) is 1.28. The largest absolute Gasteiger partial charge is 0.493 e. The lowest BCUT2D eigenvalue weighted by molar-refractivity contribution is -0.143. The summed E-state index contributed by atoms with van der Waals surface area (Å²) in [6.45, 7) is -0.199. The molecule has 2 N–H and O–H groups in total. The molecule has 0 saturated heterocycles. The Morgan fingerprint density at radius 1 is 1.19 bits per heavy atom. The van der Waals surface area contributed by atoms with Crippen LogP contribution < -0.4 is 20.1 Å². The van der Waals surface area contributed by atoms with Crippen molar-refractivity contribution in [2.24, 2.45) is 0 Å². The third kappa shape index (κ3) is 8.66. The lowest BCUT2D eigenvalue weighted by atomic mass is 10.2. The van der Waals surface area contributed by atoms with E-state index in [-0.39, 0.29) is 17.5 Å². The van der Waals surface area contributed by atoms with Gasteiger partial charge in [-0.1, -0.05) is 6.07 Å². The number of nitrogens with one attached hydrogen (secondary N) is 2. The van der Waals surface area contributed by atoms with Crippen LogP contribution in [0.2, 0.25) is 0 Å². The van der Waals surface area contributed by atoms with E-state index in [2.05, 4.69) is 10.1 Å². The number of urea groups is 1. The lowest BCUT2D eigenvalue weighted by Crippen LogP contribution is -2.43. The molecule has 10 heteroatoms. The molecule has 0 fully saturated rings. The van der Waals surface area contributed by atoms with Crippen molar-refractivity contribution in [3.05, 3.63) is 29.8 Å². The van der Waals surface area contributed by atoms with Gasteiger partial charge in [0.2, 0.25) is 0 Å². The first-order chi connectivity index (χ1) is 12.7. The third-order valence-electron chi connectivity index (χ3n) is 2.83. The second kappa shape index (κ2) is 10.7. The molecule has 0 radical (unpaired) electrons. The summed E-state index contributed by atoms with van der Waals surface area (Å²) < 4.78 is 38.5. The molecule has 27 heavy (non-hydrogen) atoms. The number of benzene rings is 1. The maximum absolute atomic E-state index is 12.3. The lowest BCUT2D eigenvalue weighted by Gasteiger charge is -2.10. The molecule has 1 aromatic carbocycles. The average molecular weight is 386 g/mol. The number of imide groups is 1. The maximum Gasteiger partial charge on any atom is 0.387 e. The Morgan fingerprint density at radius 3 is 2.48 bits per heavy atom. The first-order valence-corrected chi connectivity index (χ1v) is 7.79. The predicted octanol–water partition coefficient (Wildman–Crippen LogP) is 2.09. The van der Waals surface area contributed by atoms with E-state index in [0.29, 0.717) is 5.56 Å². The van der Waals surface area contributed by atoms with Gasteiger partial charge in [0.25, 0.3) is 5.91 Å². The number of esters is 1. The molecular formula is C17H20F2N2O6. The Kier molecular flexibility index (Phi) is 8.70. The van der Waals surface area contributed by atoms with Gasteiger partial charge in [0.15, 0.2) is 18.1 Å². The summed E-state index contributed by atoms with van der Waals surface area (Å²) in [6, 6.07) is 3.21. The number of hydrogen-bond acceptors (Lipinski definition) is 6. The number of carbonyl (C=O) groups excluding carboxylic acids is 3. The van der Waals surface area contributed by atoms with Crippen LogP contribution in [-0.2, 0) is 14.3 Å². The third-order valence-corrected chi connectivity index (χ3v) is 2.83. The van der Waals surface area contributed by atoms with E-state index in [1.165, 1.54) is 31.4 Å². The molecular weight excluding hydrogens is 366 g/mol. The molecule has 8 nitrogen and oxygen atoms in total. The van der Waals surface area contributed by atoms with Crippen molar-refractivity contribution in [3.8, 4) is 11.5 Å². The Bertz CT molecular complexity index is 707. The molecule has 0 aromatic heterocycles. The quantitative estimate of drug-likeness (QED) is 0.524. The van der Waals surface area contributed by atoms with Crippen LogP contribution in [0.4, 0.5) is 13.6 Å². The monoisotopic (exact) mass is 386 g/mol. The highest BCUT2D eigenvalue weighted by atomic mass is 19.3. The van der Waals surface area contributed by atoms with E-state index in [1.807, 2.05) is 5.32 Å². The zero-order valence-electron chi connectivity index (χ0n) is 15.0. The number of hydrogen-bond donors (Lipinski definition) is 2. The molecule has 1 rings (SSSR count). The highest BCUT2D eigenvalue weighted by Gasteiger charge is 2.12. The average Bonchev–Trinajstić information content (AvgIpc) is 2.57. The van der Waals surface area contributed by atoms with Gasteiger partial charge in [0.05, 0.1) is 7.11 Å². The second-order valence-corrected chi connectivity index (χ2v) is 5.41. The van der Waals surface area contributed by atoms with Crippen molar-refractivity contribution in [2.45, 2.75) is 26.5 Å². The van der Waals surface area contributed by atoms with Crippen LogP contribution in [-0.4, -0.2) is 44.3 Å². The van der Waals surface area contributed by atoms with E-state index < -0.39 is 31.1 Å². The van der Waals surface area contributed by atoms with Crippen LogP contribution in [0.5, 0.6) is 11.5 Å². The van der Waals surface area contributed by atoms with E-state index in [9.17, 15) is 23.2 Å². The zero-order chi connectivity index (χ0) is 20.4. The normalized spacial score (nSPS) is 10.8. The van der Waals surface area contributed by atoms with Gasteiger partial charge in [-0.2, -0.15) is 8.78 Å². The standard InChI is InChI=1S/C17H20F2N2O6/c1-10(2)20-17(24)21-14(22)9-26-15(23)7-5-11-4-6-12(27-16(18)19)13(8-11)25-3/h4-8,10,16H,9H2,1-3H3,(H2,20,21,22,24)/b7-5+. The molecule has 0 spiro atoms. The molecule has 0 atom stereocenters. The summed E-state index contributed by atoms with van der Waals surface area (Å²) in [4.78, 5) is 34.4. The van der Waals surface area contributed by atoms with Crippen LogP contribution in [0.25, 0.3) is 6.08 Å². The Hall–Kier alpha value is -3.17. The van der Waals surface area contributed by atoms with Gasteiger partial charge in [-0.25, -0.2) is 9.59 Å². The molecule has 0 heterocycles. The predicted molar refractivity (Wildman–Crippen MR) is 91.4 cm³/mol. The fourth-order valence-corrected chi connectivity index (χ4v) is 1.79. The summed E-state index contributed by atoms with van der Waals surface area (Å²) in [5.74, 6) is -1.71. The minimum absolute atomic E-state index is 0.0568. The molecule has 0 aliphatic heterocycles. The number of rotatable bonds is 8. The number of ether oxygens (including phenoxy) is 3. The van der Waals surface area contributed by atoms with Crippen LogP contribution in [0.1, 0.15) is 19.4 Å². The number of carbonyl (C=O) groups is 3. The first-order valence-electron chi connectivity index (χ1n) is 7.79. The summed E-state index contributed by atoms with van der Waals surface area (Å²) >= 11 is 0. The van der Waals surface area contributed by atoms with Gasteiger partial charge in [-0.05, 0) is 37.6 Å². The number of amides is 3. The van der Waals surface area contributed by atoms with Gasteiger partial charge < -0.3 is 19.5 Å². The summed E-state index contributed by atoms with van der Waals surface area (Å²) in [5.41, 5.74) is 0.450. The van der Waals surface area contributed by atoms with Crippen LogP contribution >= 0.6 is 0 Å². The van der Waals surface area contributed by atoms with E-state index >= 15 is 0 Å². The highest BCUT2D eigenvalue weighted by Crippen LogP contribution is 2.29. The maximum atomic E-state index is 12.3. The van der Waals surface area contributed by atoms with Crippen LogP contribution in [0, 0.1) is 0 Å². The van der Waals surface area contributed by atoms with Gasteiger partial charge in [0, 0.05) is 12.1 Å². The van der Waals surface area contributed by atoms with Crippen LogP contribution in [0.3, 0.4) is 0 Å². The van der Waals surface area contributed by atoms with Crippen molar-refractivity contribution in [2.75, 3.05) is 13.7 Å². The highest BCUT2D eigenvalue weighted by molar-refractivity contribution is 5.96. The number of halogens is 2. The van der Waals surface area contributed by atoms with Gasteiger partial charge in [-0.3, -0.25) is 10.1 Å². The van der Waals surface area contributed by atoms with Gasteiger partial charge in [-0.15, -0.1) is 0 Å². The number of alkyl halides is 2. The smallest absolute Gasteiger partial charge is 0.387 e. The second-order valence-electron chi connectivity index (χ2n) is 5.41. The van der Waals surface area contributed by atoms with Crippen molar-refractivity contribution in [1.82, 2.24) is 10.6 Å². The fourth-order valence-electron chi connectivity index (χ4n) is 1.79. The Labute approximate surface area is 154 Å². The van der Waals surface area contributed by atoms with Crippen molar-refractivity contribution in [3.63, 3.8) is 0 Å². The molecule has 3 amide bonds. The molecule has 0 aliphatic carbocycles. The Morgan fingerprint density at radius 2 is 1.89 bits per heavy atom. The first kappa shape index (κ1) is 21.9. The van der Waals surface area contributed by atoms with Crippen molar-refractivity contribution in [1.29, 1.82) is 0 Å². The minimum atomic E-state index is -3.00. The molecule has 1 aromatic rings. The number of methoxy groups -OCH3 is 1. The fraction of sp³-hybridized carbons (Fsp3) is 0.353. The summed E-state index contributed by atoms with van der Waals surface area (Å²) in [5, 5.41) is 4.44. The molecule has 0 unspecified atom stereocenters. The molecule has 0 aliphatic rings. The van der Waals surface area contributed by atoms with E-state index in [0.717, 1.165) is 6.08 Å². The molecule has 0 saturated carbocycles. The topological polar surface area (TPSA) is 103 Å².